The number of nitrogens with zero attached hydrogens (tertiary/aromatic N) is 2. The number of amides is 1. The summed E-state index contributed by atoms with van der Waals surface area (Å²) in [7, 11) is 0. The van der Waals surface area contributed by atoms with Crippen LogP contribution < -0.4 is 4.74 Å². The lowest BCUT2D eigenvalue weighted by Crippen LogP contribution is -2.47. The van der Waals surface area contributed by atoms with Gasteiger partial charge in [0.15, 0.2) is 5.78 Å². The van der Waals surface area contributed by atoms with Crippen molar-refractivity contribution < 1.29 is 23.5 Å². The summed E-state index contributed by atoms with van der Waals surface area (Å²) in [6.07, 6.45) is 1.35. The molecule has 1 aliphatic rings. The Kier molecular flexibility index (Phi) is 6.56. The van der Waals surface area contributed by atoms with E-state index in [2.05, 4.69) is 4.98 Å². The van der Waals surface area contributed by atoms with Gasteiger partial charge >= 0.3 is 0 Å². The molecule has 0 radical (unpaired) electrons. The van der Waals surface area contributed by atoms with Crippen LogP contribution in [0.4, 0.5) is 4.39 Å². The first-order chi connectivity index (χ1) is 15.5. The Bertz CT molecular complexity index is 1100. The third-order valence-electron chi connectivity index (χ3n) is 5.25. The number of aromatic nitrogens is 1. The zero-order valence-corrected chi connectivity index (χ0v) is 17.7. The van der Waals surface area contributed by atoms with Crippen molar-refractivity contribution in [1.82, 2.24) is 9.88 Å². The first kappa shape index (κ1) is 21.6. The minimum absolute atomic E-state index is 0.249. The van der Waals surface area contributed by atoms with Crippen molar-refractivity contribution in [3.8, 4) is 5.75 Å². The predicted octanol–water partition coefficient (Wildman–Crippen LogP) is 3.68. The minimum atomic E-state index is -0.422. The zero-order valence-electron chi connectivity index (χ0n) is 17.7. The topological polar surface area (TPSA) is 68.7 Å². The maximum absolute atomic E-state index is 13.3. The molecule has 1 aromatic heterocycles. The van der Waals surface area contributed by atoms with Gasteiger partial charge in [0.1, 0.15) is 24.3 Å². The lowest BCUT2D eigenvalue weighted by Gasteiger charge is -2.33. The van der Waals surface area contributed by atoms with Crippen LogP contribution in [0.3, 0.4) is 0 Å². The lowest BCUT2D eigenvalue weighted by atomic mass is 9.97. The summed E-state index contributed by atoms with van der Waals surface area (Å²) < 4.78 is 24.7. The Hall–Kier alpha value is -3.58. The lowest BCUT2D eigenvalue weighted by molar-refractivity contribution is -0.0401. The summed E-state index contributed by atoms with van der Waals surface area (Å²) in [5, 5.41) is 0. The first-order valence-electron chi connectivity index (χ1n) is 10.4. The summed E-state index contributed by atoms with van der Waals surface area (Å²) in [4.78, 5) is 32.1. The smallest absolute Gasteiger partial charge is 0.254 e. The molecule has 7 heteroatoms. The molecule has 164 valence electrons. The standard InChI is InChI=1S/C25H23FN2O4/c1-17-6-11-20(14-27-17)32-16-21-15-28(12-13-31-21)25(30)23-5-3-2-4-22(23)24(29)18-7-9-19(26)10-8-18/h2-11,14,21H,12-13,15-16H2,1H3. The van der Waals surface area contributed by atoms with Crippen molar-refractivity contribution >= 4 is 11.7 Å². The SMILES string of the molecule is Cc1ccc(OCC2CN(C(=O)c3ccccc3C(=O)c3ccc(F)cc3)CCO2)cn1. The molecular weight excluding hydrogens is 411 g/mol. The predicted molar refractivity (Wildman–Crippen MR) is 116 cm³/mol. The molecule has 4 rings (SSSR count). The van der Waals surface area contributed by atoms with Crippen LogP contribution >= 0.6 is 0 Å². The summed E-state index contributed by atoms with van der Waals surface area (Å²) >= 11 is 0. The summed E-state index contributed by atoms with van der Waals surface area (Å²) in [5.41, 5.74) is 1.82. The van der Waals surface area contributed by atoms with E-state index in [-0.39, 0.29) is 30.0 Å². The van der Waals surface area contributed by atoms with E-state index in [1.165, 1.54) is 24.3 Å². The van der Waals surface area contributed by atoms with E-state index in [1.807, 2.05) is 19.1 Å². The van der Waals surface area contributed by atoms with Gasteiger partial charge in [-0.25, -0.2) is 4.39 Å². The number of hydrogen-bond donors (Lipinski definition) is 0. The highest BCUT2D eigenvalue weighted by atomic mass is 19.1. The number of carbonyl (C=O) groups excluding carboxylic acids is 2. The fraction of sp³-hybridized carbons (Fsp3) is 0.240. The van der Waals surface area contributed by atoms with E-state index in [0.717, 1.165) is 5.69 Å². The van der Waals surface area contributed by atoms with Crippen molar-refractivity contribution in [2.24, 2.45) is 0 Å². The normalized spacial score (nSPS) is 15.9. The van der Waals surface area contributed by atoms with E-state index < -0.39 is 5.82 Å². The second kappa shape index (κ2) is 9.70. The summed E-state index contributed by atoms with van der Waals surface area (Å²) in [6.45, 7) is 3.32. The maximum atomic E-state index is 13.3. The van der Waals surface area contributed by atoms with Crippen LogP contribution in [0.25, 0.3) is 0 Å². The van der Waals surface area contributed by atoms with Crippen molar-refractivity contribution in [2.75, 3.05) is 26.3 Å². The summed E-state index contributed by atoms with van der Waals surface area (Å²) in [6, 6.07) is 15.7. The van der Waals surface area contributed by atoms with E-state index in [9.17, 15) is 14.0 Å². The van der Waals surface area contributed by atoms with Gasteiger partial charge in [-0.2, -0.15) is 0 Å². The number of benzene rings is 2. The first-order valence-corrected chi connectivity index (χ1v) is 10.4. The largest absolute Gasteiger partial charge is 0.489 e. The number of carbonyl (C=O) groups is 2. The molecule has 1 amide bonds. The van der Waals surface area contributed by atoms with E-state index in [0.29, 0.717) is 36.6 Å². The molecule has 2 heterocycles. The fourth-order valence-electron chi connectivity index (χ4n) is 3.53. The quantitative estimate of drug-likeness (QED) is 0.554. The Morgan fingerprint density at radius 1 is 1.09 bits per heavy atom. The van der Waals surface area contributed by atoms with Crippen LogP contribution in [0.1, 0.15) is 32.0 Å². The highest BCUT2D eigenvalue weighted by Gasteiger charge is 2.28. The molecule has 3 aromatic rings. The minimum Gasteiger partial charge on any atom is -0.489 e. The van der Waals surface area contributed by atoms with E-state index >= 15 is 0 Å². The van der Waals surface area contributed by atoms with Gasteiger partial charge in [-0.1, -0.05) is 18.2 Å². The average Bonchev–Trinajstić information content (AvgIpc) is 2.83. The fourth-order valence-corrected chi connectivity index (χ4v) is 3.53. The van der Waals surface area contributed by atoms with Crippen LogP contribution in [-0.4, -0.2) is 54.0 Å². The highest BCUT2D eigenvalue weighted by molar-refractivity contribution is 6.15. The molecule has 32 heavy (non-hydrogen) atoms. The van der Waals surface area contributed by atoms with Gasteiger partial charge in [0.05, 0.1) is 24.9 Å². The van der Waals surface area contributed by atoms with Gasteiger partial charge in [0, 0.05) is 23.4 Å². The second-order valence-corrected chi connectivity index (χ2v) is 7.57. The van der Waals surface area contributed by atoms with Crippen LogP contribution in [0.15, 0.2) is 66.9 Å². The number of ketones is 1. The molecule has 2 aromatic carbocycles. The molecule has 0 bridgehead atoms. The van der Waals surface area contributed by atoms with Gasteiger partial charge in [-0.15, -0.1) is 0 Å². The van der Waals surface area contributed by atoms with Crippen LogP contribution in [-0.2, 0) is 4.74 Å². The third kappa shape index (κ3) is 5.00. The van der Waals surface area contributed by atoms with Crippen molar-refractivity contribution in [2.45, 2.75) is 13.0 Å². The molecule has 0 spiro atoms. The molecule has 1 atom stereocenters. The average molecular weight is 434 g/mol. The van der Waals surface area contributed by atoms with Crippen molar-refractivity contribution in [3.05, 3.63) is 95.1 Å². The highest BCUT2D eigenvalue weighted by Crippen LogP contribution is 2.19. The van der Waals surface area contributed by atoms with Gasteiger partial charge in [0.25, 0.3) is 5.91 Å². The number of pyridine rings is 1. The monoisotopic (exact) mass is 434 g/mol. The Labute approximate surface area is 185 Å². The van der Waals surface area contributed by atoms with Crippen LogP contribution in [0.5, 0.6) is 5.75 Å². The summed E-state index contributed by atoms with van der Waals surface area (Å²) in [5.74, 6) is -0.359. The number of hydrogen-bond acceptors (Lipinski definition) is 5. The zero-order chi connectivity index (χ0) is 22.5. The third-order valence-corrected chi connectivity index (χ3v) is 5.25. The Morgan fingerprint density at radius 3 is 2.56 bits per heavy atom. The van der Waals surface area contributed by atoms with E-state index in [1.54, 1.807) is 35.4 Å². The molecule has 0 saturated carbocycles. The number of halogens is 1. The maximum Gasteiger partial charge on any atom is 0.254 e. The van der Waals surface area contributed by atoms with Crippen LogP contribution in [0, 0.1) is 12.7 Å². The van der Waals surface area contributed by atoms with Crippen molar-refractivity contribution in [1.29, 1.82) is 0 Å². The number of aryl methyl sites for hydroxylation is 1. The van der Waals surface area contributed by atoms with Crippen molar-refractivity contribution in [3.63, 3.8) is 0 Å². The molecule has 0 aliphatic carbocycles. The van der Waals surface area contributed by atoms with Gasteiger partial charge in [0.2, 0.25) is 0 Å². The van der Waals surface area contributed by atoms with Gasteiger partial charge < -0.3 is 14.4 Å². The molecule has 1 saturated heterocycles. The van der Waals surface area contributed by atoms with Gasteiger partial charge in [-0.3, -0.25) is 14.6 Å². The second-order valence-electron chi connectivity index (χ2n) is 7.57. The Morgan fingerprint density at radius 2 is 1.84 bits per heavy atom. The molecule has 6 nitrogen and oxygen atoms in total. The van der Waals surface area contributed by atoms with Crippen LogP contribution in [0.2, 0.25) is 0 Å². The van der Waals surface area contributed by atoms with E-state index in [4.69, 9.17) is 9.47 Å². The number of ether oxygens (including phenoxy) is 2. The molecule has 1 fully saturated rings. The Balaban J connectivity index is 1.46. The molecule has 1 aliphatic heterocycles. The number of rotatable bonds is 6. The molecular formula is C25H23FN2O4. The molecule has 1 unspecified atom stereocenters. The molecule has 0 N–H and O–H groups in total. The van der Waals surface area contributed by atoms with Gasteiger partial charge in [-0.05, 0) is 49.4 Å². The number of morpholine rings is 1.